The highest BCUT2D eigenvalue weighted by Crippen LogP contribution is 2.12. The van der Waals surface area contributed by atoms with E-state index in [0.717, 1.165) is 23.4 Å². The standard InChI is InChI=1S/C17H21N3O/c1-20(2)16-9-5-14(6-10-16)17(21)19-12-11-13-3-7-15(18)8-4-13/h3-10H,11-12,18H2,1-2H3,(H,19,21). The molecule has 2 aromatic rings. The molecule has 0 bridgehead atoms. The smallest absolute Gasteiger partial charge is 0.251 e. The van der Waals surface area contributed by atoms with E-state index in [0.29, 0.717) is 12.1 Å². The molecule has 0 aliphatic rings. The fourth-order valence-electron chi connectivity index (χ4n) is 2.02. The monoisotopic (exact) mass is 283 g/mol. The number of nitrogen functional groups attached to an aromatic ring is 1. The number of amides is 1. The second kappa shape index (κ2) is 6.79. The van der Waals surface area contributed by atoms with Crippen molar-refractivity contribution in [2.45, 2.75) is 6.42 Å². The summed E-state index contributed by atoms with van der Waals surface area (Å²) in [6.07, 6.45) is 0.793. The number of carbonyl (C=O) groups is 1. The summed E-state index contributed by atoms with van der Waals surface area (Å²) < 4.78 is 0. The van der Waals surface area contributed by atoms with Crippen LogP contribution in [0.1, 0.15) is 15.9 Å². The Kier molecular flexibility index (Phi) is 4.82. The molecule has 0 spiro atoms. The second-order valence-electron chi connectivity index (χ2n) is 5.19. The summed E-state index contributed by atoms with van der Waals surface area (Å²) in [5.41, 5.74) is 9.31. The van der Waals surface area contributed by atoms with E-state index < -0.39 is 0 Å². The quantitative estimate of drug-likeness (QED) is 0.828. The first kappa shape index (κ1) is 14.9. The van der Waals surface area contributed by atoms with E-state index in [9.17, 15) is 4.79 Å². The predicted octanol–water partition coefficient (Wildman–Crippen LogP) is 2.31. The van der Waals surface area contributed by atoms with E-state index >= 15 is 0 Å². The van der Waals surface area contributed by atoms with Crippen molar-refractivity contribution >= 4 is 17.3 Å². The molecule has 0 atom stereocenters. The Morgan fingerprint density at radius 1 is 1.05 bits per heavy atom. The molecule has 2 aromatic carbocycles. The molecular formula is C17H21N3O. The Morgan fingerprint density at radius 3 is 2.24 bits per heavy atom. The summed E-state index contributed by atoms with van der Waals surface area (Å²) in [6.45, 7) is 0.609. The zero-order valence-corrected chi connectivity index (χ0v) is 12.5. The van der Waals surface area contributed by atoms with Gasteiger partial charge in [0.05, 0.1) is 0 Å². The van der Waals surface area contributed by atoms with Crippen LogP contribution >= 0.6 is 0 Å². The SMILES string of the molecule is CN(C)c1ccc(C(=O)NCCc2ccc(N)cc2)cc1. The largest absolute Gasteiger partial charge is 0.399 e. The molecular weight excluding hydrogens is 262 g/mol. The molecule has 0 fully saturated rings. The van der Waals surface area contributed by atoms with Crippen LogP contribution < -0.4 is 16.0 Å². The van der Waals surface area contributed by atoms with Crippen molar-refractivity contribution in [1.82, 2.24) is 5.32 Å². The molecule has 0 unspecified atom stereocenters. The van der Waals surface area contributed by atoms with Crippen LogP contribution in [0.5, 0.6) is 0 Å². The predicted molar refractivity (Wildman–Crippen MR) is 87.7 cm³/mol. The lowest BCUT2D eigenvalue weighted by Gasteiger charge is -2.12. The van der Waals surface area contributed by atoms with Crippen molar-refractivity contribution in [2.24, 2.45) is 0 Å². The zero-order valence-electron chi connectivity index (χ0n) is 12.5. The average molecular weight is 283 g/mol. The Bertz CT molecular complexity index is 588. The summed E-state index contributed by atoms with van der Waals surface area (Å²) in [7, 11) is 3.95. The third kappa shape index (κ3) is 4.24. The number of benzene rings is 2. The first-order chi connectivity index (χ1) is 10.1. The maximum Gasteiger partial charge on any atom is 0.251 e. The molecule has 3 N–H and O–H groups in total. The number of carbonyl (C=O) groups excluding carboxylic acids is 1. The fraction of sp³-hybridized carbons (Fsp3) is 0.235. The number of nitrogens with one attached hydrogen (secondary N) is 1. The number of nitrogens with zero attached hydrogens (tertiary/aromatic N) is 1. The van der Waals surface area contributed by atoms with Gasteiger partial charge in [0.15, 0.2) is 0 Å². The van der Waals surface area contributed by atoms with E-state index in [1.165, 1.54) is 0 Å². The third-order valence-corrected chi connectivity index (χ3v) is 3.32. The Labute approximate surface area is 125 Å². The molecule has 0 saturated heterocycles. The zero-order chi connectivity index (χ0) is 15.2. The maximum absolute atomic E-state index is 12.0. The van der Waals surface area contributed by atoms with Gasteiger partial charge in [0.25, 0.3) is 5.91 Å². The summed E-state index contributed by atoms with van der Waals surface area (Å²) in [5.74, 6) is -0.0456. The van der Waals surface area contributed by atoms with Crippen molar-refractivity contribution in [2.75, 3.05) is 31.3 Å². The summed E-state index contributed by atoms with van der Waals surface area (Å²) in [6, 6.07) is 15.3. The fourth-order valence-corrected chi connectivity index (χ4v) is 2.02. The van der Waals surface area contributed by atoms with Crippen LogP contribution in [0.15, 0.2) is 48.5 Å². The highest BCUT2D eigenvalue weighted by atomic mass is 16.1. The Balaban J connectivity index is 1.85. The molecule has 0 aliphatic heterocycles. The maximum atomic E-state index is 12.0. The van der Waals surface area contributed by atoms with Gasteiger partial charge in [-0.15, -0.1) is 0 Å². The Hall–Kier alpha value is -2.49. The number of rotatable bonds is 5. The summed E-state index contributed by atoms with van der Waals surface area (Å²) >= 11 is 0. The number of anilines is 2. The molecule has 110 valence electrons. The van der Waals surface area contributed by atoms with E-state index in [2.05, 4.69) is 5.32 Å². The van der Waals surface area contributed by atoms with Gasteiger partial charge in [-0.05, 0) is 48.4 Å². The van der Waals surface area contributed by atoms with E-state index in [-0.39, 0.29) is 5.91 Å². The Morgan fingerprint density at radius 2 is 1.67 bits per heavy atom. The highest BCUT2D eigenvalue weighted by Gasteiger charge is 2.05. The van der Waals surface area contributed by atoms with Gasteiger partial charge < -0.3 is 16.0 Å². The lowest BCUT2D eigenvalue weighted by Crippen LogP contribution is -2.25. The van der Waals surface area contributed by atoms with Crippen molar-refractivity contribution in [3.05, 3.63) is 59.7 Å². The minimum Gasteiger partial charge on any atom is -0.399 e. The molecule has 21 heavy (non-hydrogen) atoms. The van der Waals surface area contributed by atoms with Crippen molar-refractivity contribution in [1.29, 1.82) is 0 Å². The number of nitrogens with two attached hydrogens (primary N) is 1. The van der Waals surface area contributed by atoms with E-state index in [1.54, 1.807) is 0 Å². The molecule has 2 rings (SSSR count). The minimum atomic E-state index is -0.0456. The van der Waals surface area contributed by atoms with Crippen LogP contribution in [0.25, 0.3) is 0 Å². The molecule has 0 radical (unpaired) electrons. The highest BCUT2D eigenvalue weighted by molar-refractivity contribution is 5.94. The molecule has 4 nitrogen and oxygen atoms in total. The average Bonchev–Trinajstić information content (AvgIpc) is 2.49. The number of hydrogen-bond acceptors (Lipinski definition) is 3. The van der Waals surface area contributed by atoms with Crippen LogP contribution in [-0.4, -0.2) is 26.5 Å². The normalized spacial score (nSPS) is 10.2. The molecule has 0 aromatic heterocycles. The van der Waals surface area contributed by atoms with Gasteiger partial charge in [-0.3, -0.25) is 4.79 Å². The van der Waals surface area contributed by atoms with Gasteiger partial charge in [-0.2, -0.15) is 0 Å². The van der Waals surface area contributed by atoms with Gasteiger partial charge in [-0.25, -0.2) is 0 Å². The topological polar surface area (TPSA) is 58.4 Å². The van der Waals surface area contributed by atoms with Crippen LogP contribution in [-0.2, 0) is 6.42 Å². The van der Waals surface area contributed by atoms with Gasteiger partial charge in [0, 0.05) is 37.6 Å². The lowest BCUT2D eigenvalue weighted by molar-refractivity contribution is 0.0954. The van der Waals surface area contributed by atoms with Crippen LogP contribution in [0.3, 0.4) is 0 Å². The molecule has 0 heterocycles. The third-order valence-electron chi connectivity index (χ3n) is 3.32. The van der Waals surface area contributed by atoms with Crippen molar-refractivity contribution in [3.8, 4) is 0 Å². The molecule has 1 amide bonds. The van der Waals surface area contributed by atoms with Crippen molar-refractivity contribution in [3.63, 3.8) is 0 Å². The van der Waals surface area contributed by atoms with E-state index in [4.69, 9.17) is 5.73 Å². The van der Waals surface area contributed by atoms with Gasteiger partial charge in [-0.1, -0.05) is 12.1 Å². The molecule has 0 aliphatic carbocycles. The lowest BCUT2D eigenvalue weighted by atomic mass is 10.1. The summed E-state index contributed by atoms with van der Waals surface area (Å²) in [5, 5.41) is 2.93. The van der Waals surface area contributed by atoms with Gasteiger partial charge in [0.2, 0.25) is 0 Å². The van der Waals surface area contributed by atoms with Gasteiger partial charge in [0.1, 0.15) is 0 Å². The minimum absolute atomic E-state index is 0.0456. The second-order valence-corrected chi connectivity index (χ2v) is 5.19. The van der Waals surface area contributed by atoms with Crippen LogP contribution in [0.4, 0.5) is 11.4 Å². The van der Waals surface area contributed by atoms with Gasteiger partial charge >= 0.3 is 0 Å². The molecule has 4 heteroatoms. The van der Waals surface area contributed by atoms with Crippen LogP contribution in [0.2, 0.25) is 0 Å². The first-order valence-corrected chi connectivity index (χ1v) is 6.96. The molecule has 0 saturated carbocycles. The first-order valence-electron chi connectivity index (χ1n) is 6.96. The van der Waals surface area contributed by atoms with Crippen molar-refractivity contribution < 1.29 is 4.79 Å². The summed E-state index contributed by atoms with van der Waals surface area (Å²) in [4.78, 5) is 14.0. The van der Waals surface area contributed by atoms with Crippen LogP contribution in [0, 0.1) is 0 Å². The number of hydrogen-bond donors (Lipinski definition) is 2. The van der Waals surface area contributed by atoms with E-state index in [1.807, 2.05) is 67.5 Å².